The highest BCUT2D eigenvalue weighted by molar-refractivity contribution is 7.11. The number of thiophene rings is 1. The maximum atomic E-state index is 5.53. The van der Waals surface area contributed by atoms with Gasteiger partial charge in [-0.15, -0.1) is 11.3 Å². The van der Waals surface area contributed by atoms with Gasteiger partial charge in [0.05, 0.1) is 12.8 Å². The molecule has 18 heavy (non-hydrogen) atoms. The van der Waals surface area contributed by atoms with Crippen molar-refractivity contribution in [1.82, 2.24) is 0 Å². The zero-order valence-electron chi connectivity index (χ0n) is 9.99. The molecule has 0 aliphatic heterocycles. The van der Waals surface area contributed by atoms with Crippen molar-refractivity contribution in [1.29, 1.82) is 0 Å². The molecule has 0 spiro atoms. The predicted octanol–water partition coefficient (Wildman–Crippen LogP) is 3.57. The van der Waals surface area contributed by atoms with Gasteiger partial charge in [-0.25, -0.2) is 0 Å². The Hall–Kier alpha value is -1.81. The van der Waals surface area contributed by atoms with Gasteiger partial charge >= 0.3 is 0 Å². The topological polar surface area (TPSA) is 30.8 Å². The number of ether oxygens (including phenoxy) is 1. The van der Waals surface area contributed by atoms with E-state index in [1.165, 1.54) is 0 Å². The third-order valence-corrected chi connectivity index (χ3v) is 3.00. The van der Waals surface area contributed by atoms with Gasteiger partial charge in [-0.05, 0) is 23.6 Å². The minimum atomic E-state index is 0.564. The van der Waals surface area contributed by atoms with Crippen LogP contribution in [-0.2, 0) is 4.84 Å². The van der Waals surface area contributed by atoms with Gasteiger partial charge in [0.15, 0.2) is 0 Å². The molecule has 1 heterocycles. The van der Waals surface area contributed by atoms with Crippen molar-refractivity contribution in [3.05, 3.63) is 52.7 Å². The Bertz CT molecular complexity index is 454. The summed E-state index contributed by atoms with van der Waals surface area (Å²) in [4.78, 5) is 6.23. The van der Waals surface area contributed by atoms with E-state index in [-0.39, 0.29) is 0 Å². The molecular weight excluding hydrogens is 246 g/mol. The fourth-order valence-corrected chi connectivity index (χ4v) is 1.91. The van der Waals surface area contributed by atoms with E-state index in [4.69, 9.17) is 9.57 Å². The summed E-state index contributed by atoms with van der Waals surface area (Å²) in [7, 11) is 0. The van der Waals surface area contributed by atoms with Crippen LogP contribution in [0.25, 0.3) is 0 Å². The van der Waals surface area contributed by atoms with Crippen LogP contribution in [0.15, 0.2) is 53.0 Å². The van der Waals surface area contributed by atoms with Crippen LogP contribution < -0.4 is 4.74 Å². The van der Waals surface area contributed by atoms with Crippen LogP contribution in [0.2, 0.25) is 0 Å². The molecule has 3 nitrogen and oxygen atoms in total. The molecule has 0 aliphatic carbocycles. The molecule has 2 rings (SSSR count). The smallest absolute Gasteiger partial charge is 0.120 e. The highest BCUT2D eigenvalue weighted by atomic mass is 32.1. The summed E-state index contributed by atoms with van der Waals surface area (Å²) in [5.74, 6) is 0.889. The Morgan fingerprint density at radius 1 is 1.06 bits per heavy atom. The van der Waals surface area contributed by atoms with Gasteiger partial charge in [0.2, 0.25) is 0 Å². The Labute approximate surface area is 111 Å². The number of benzene rings is 1. The van der Waals surface area contributed by atoms with Crippen LogP contribution in [0.5, 0.6) is 5.75 Å². The van der Waals surface area contributed by atoms with Crippen molar-refractivity contribution in [2.75, 3.05) is 13.2 Å². The van der Waals surface area contributed by atoms with E-state index in [2.05, 4.69) is 5.16 Å². The van der Waals surface area contributed by atoms with Gasteiger partial charge in [-0.3, -0.25) is 0 Å². The van der Waals surface area contributed by atoms with E-state index >= 15 is 0 Å². The summed E-state index contributed by atoms with van der Waals surface area (Å²) in [5.41, 5.74) is 0. The number of rotatable bonds is 7. The van der Waals surface area contributed by atoms with Gasteiger partial charge < -0.3 is 9.57 Å². The number of oxime groups is 1. The molecule has 1 aromatic heterocycles. The number of para-hydroxylation sites is 1. The SMILES string of the molecule is C(=NOCCCOc1ccccc1)c1cccs1. The molecule has 0 amide bonds. The number of hydrogen-bond donors (Lipinski definition) is 0. The Balaban J connectivity index is 1.54. The van der Waals surface area contributed by atoms with E-state index in [0.717, 1.165) is 17.0 Å². The first-order chi connectivity index (χ1) is 8.95. The average Bonchev–Trinajstić information content (AvgIpc) is 2.92. The zero-order valence-corrected chi connectivity index (χ0v) is 10.8. The number of hydrogen-bond acceptors (Lipinski definition) is 4. The molecule has 0 atom stereocenters. The zero-order chi connectivity index (χ0) is 12.5. The Kier molecular flexibility index (Phi) is 5.27. The van der Waals surface area contributed by atoms with Crippen LogP contribution in [0.1, 0.15) is 11.3 Å². The van der Waals surface area contributed by atoms with Gasteiger partial charge in [-0.2, -0.15) is 0 Å². The molecule has 0 fully saturated rings. The summed E-state index contributed by atoms with van der Waals surface area (Å²) in [5, 5.41) is 5.90. The van der Waals surface area contributed by atoms with Crippen molar-refractivity contribution in [2.24, 2.45) is 5.16 Å². The van der Waals surface area contributed by atoms with E-state index < -0.39 is 0 Å². The lowest BCUT2D eigenvalue weighted by molar-refractivity contribution is 0.129. The summed E-state index contributed by atoms with van der Waals surface area (Å²) in [6.45, 7) is 1.20. The Morgan fingerprint density at radius 3 is 2.72 bits per heavy atom. The molecule has 1 aromatic carbocycles. The third kappa shape index (κ3) is 4.59. The molecule has 0 unspecified atom stereocenters. The fraction of sp³-hybridized carbons (Fsp3) is 0.214. The first-order valence-corrected chi connectivity index (χ1v) is 6.70. The first-order valence-electron chi connectivity index (χ1n) is 5.82. The van der Waals surface area contributed by atoms with Crippen LogP contribution in [-0.4, -0.2) is 19.4 Å². The summed E-state index contributed by atoms with van der Waals surface area (Å²) in [6.07, 6.45) is 2.54. The second-order valence-corrected chi connectivity index (χ2v) is 4.58. The molecule has 0 radical (unpaired) electrons. The highest BCUT2D eigenvalue weighted by Crippen LogP contribution is 2.08. The Morgan fingerprint density at radius 2 is 1.94 bits per heavy atom. The van der Waals surface area contributed by atoms with Crippen molar-refractivity contribution in [2.45, 2.75) is 6.42 Å². The maximum Gasteiger partial charge on any atom is 0.120 e. The minimum absolute atomic E-state index is 0.564. The molecule has 2 aromatic rings. The van der Waals surface area contributed by atoms with Gasteiger partial charge in [-0.1, -0.05) is 29.4 Å². The van der Waals surface area contributed by atoms with Crippen molar-refractivity contribution in [3.8, 4) is 5.75 Å². The molecular formula is C14H15NO2S. The second kappa shape index (κ2) is 7.50. The largest absolute Gasteiger partial charge is 0.493 e. The lowest BCUT2D eigenvalue weighted by Crippen LogP contribution is -2.00. The maximum absolute atomic E-state index is 5.53. The standard InChI is InChI=1S/C14H15NO2S/c1-2-6-13(7-3-1)16-9-5-10-17-15-12-14-8-4-11-18-14/h1-4,6-8,11-12H,5,9-10H2. The molecule has 4 heteroatoms. The quantitative estimate of drug-likeness (QED) is 0.433. The summed E-state index contributed by atoms with van der Waals surface area (Å²) < 4.78 is 5.53. The lowest BCUT2D eigenvalue weighted by atomic mass is 10.3. The van der Waals surface area contributed by atoms with E-state index in [1.54, 1.807) is 17.6 Å². The average molecular weight is 261 g/mol. The van der Waals surface area contributed by atoms with Gasteiger partial charge in [0.25, 0.3) is 0 Å². The third-order valence-electron chi connectivity index (χ3n) is 2.19. The molecule has 0 N–H and O–H groups in total. The van der Waals surface area contributed by atoms with Crippen molar-refractivity contribution >= 4 is 17.6 Å². The van der Waals surface area contributed by atoms with Crippen LogP contribution in [0.4, 0.5) is 0 Å². The molecule has 0 saturated heterocycles. The van der Waals surface area contributed by atoms with Crippen LogP contribution in [0, 0.1) is 0 Å². The predicted molar refractivity (Wildman–Crippen MR) is 74.4 cm³/mol. The molecule has 0 bridgehead atoms. The fourth-order valence-electron chi connectivity index (χ4n) is 1.34. The number of nitrogens with zero attached hydrogens (tertiary/aromatic N) is 1. The molecule has 0 saturated carbocycles. The second-order valence-electron chi connectivity index (χ2n) is 3.60. The van der Waals surface area contributed by atoms with E-state index in [0.29, 0.717) is 13.2 Å². The van der Waals surface area contributed by atoms with Crippen molar-refractivity contribution < 1.29 is 9.57 Å². The molecule has 94 valence electrons. The lowest BCUT2D eigenvalue weighted by Gasteiger charge is -2.04. The molecule has 0 aliphatic rings. The summed E-state index contributed by atoms with van der Waals surface area (Å²) in [6, 6.07) is 13.7. The van der Waals surface area contributed by atoms with E-state index in [9.17, 15) is 0 Å². The minimum Gasteiger partial charge on any atom is -0.493 e. The van der Waals surface area contributed by atoms with Crippen LogP contribution >= 0.6 is 11.3 Å². The normalized spacial score (nSPS) is 10.7. The van der Waals surface area contributed by atoms with Gasteiger partial charge in [0, 0.05) is 11.3 Å². The first kappa shape index (κ1) is 12.6. The summed E-state index contributed by atoms with van der Waals surface area (Å²) >= 11 is 1.63. The van der Waals surface area contributed by atoms with Crippen molar-refractivity contribution in [3.63, 3.8) is 0 Å². The van der Waals surface area contributed by atoms with Gasteiger partial charge in [0.1, 0.15) is 12.4 Å². The highest BCUT2D eigenvalue weighted by Gasteiger charge is 1.92. The van der Waals surface area contributed by atoms with E-state index in [1.807, 2.05) is 47.8 Å². The van der Waals surface area contributed by atoms with Crippen LogP contribution in [0.3, 0.4) is 0 Å². The monoisotopic (exact) mass is 261 g/mol.